The number of nitrogens with zero attached hydrogens (tertiary/aromatic N) is 12. The summed E-state index contributed by atoms with van der Waals surface area (Å²) >= 11 is 0. The number of nitrogens with one attached hydrogen (secondary N) is 2. The molecule has 0 saturated carbocycles. The van der Waals surface area contributed by atoms with Gasteiger partial charge >= 0.3 is 32.9 Å². The number of fused-ring (bicyclic) bond motifs is 8. The molecular formula is C27H41N15O14S2. The zero-order chi connectivity index (χ0) is 42.4. The molecule has 2 aromatic rings. The summed E-state index contributed by atoms with van der Waals surface area (Å²) in [5.74, 6) is 0.0532. The van der Waals surface area contributed by atoms with E-state index in [1.54, 1.807) is 0 Å². The minimum atomic E-state index is -4.94. The van der Waals surface area contributed by atoms with Crippen LogP contribution in [0.2, 0.25) is 0 Å². The number of carbonyl (C=O) groups excluding carboxylic acids is 2. The number of urea groups is 2. The van der Waals surface area contributed by atoms with Crippen LogP contribution in [0.1, 0.15) is 60.0 Å². The van der Waals surface area contributed by atoms with E-state index in [2.05, 4.69) is 39.1 Å². The average molecular weight is 864 g/mol. The second kappa shape index (κ2) is 18.4. The lowest BCUT2D eigenvalue weighted by Crippen LogP contribution is -2.44. The molecule has 29 nitrogen and oxygen atoms in total. The summed E-state index contributed by atoms with van der Waals surface area (Å²) in [6.45, 7) is 3.33. The van der Waals surface area contributed by atoms with E-state index < -0.39 is 57.0 Å². The highest BCUT2D eigenvalue weighted by atomic mass is 32.3. The first-order valence-corrected chi connectivity index (χ1v) is 19.7. The summed E-state index contributed by atoms with van der Waals surface area (Å²) < 4.78 is 74.7. The van der Waals surface area contributed by atoms with Gasteiger partial charge in [-0.15, -0.1) is 8.57 Å². The molecule has 8 N–H and O–H groups in total. The van der Waals surface area contributed by atoms with Gasteiger partial charge in [-0.1, -0.05) is 17.2 Å². The van der Waals surface area contributed by atoms with Crippen LogP contribution in [-0.2, 0) is 52.1 Å². The van der Waals surface area contributed by atoms with Gasteiger partial charge in [-0.25, -0.2) is 9.59 Å². The molecule has 2 fully saturated rings. The number of hydroxylamine groups is 6. The van der Waals surface area contributed by atoms with Gasteiger partial charge in [-0.05, 0) is 6.42 Å². The highest BCUT2D eigenvalue weighted by Gasteiger charge is 2.54. The van der Waals surface area contributed by atoms with Crippen molar-refractivity contribution in [2.45, 2.75) is 50.6 Å². The summed E-state index contributed by atoms with van der Waals surface area (Å²) in [4.78, 5) is 45.8. The van der Waals surface area contributed by atoms with Crippen molar-refractivity contribution < 1.29 is 64.2 Å². The molecule has 0 unspecified atom stereocenters. The number of amidine groups is 2. The molecule has 6 heterocycles. The first-order valence-electron chi connectivity index (χ1n) is 17.0. The molecule has 0 spiro atoms. The largest absolute Gasteiger partial charge is 0.418 e. The zero-order valence-electron chi connectivity index (χ0n) is 30.9. The van der Waals surface area contributed by atoms with E-state index in [4.69, 9.17) is 24.5 Å². The molecule has 4 aliphatic rings. The van der Waals surface area contributed by atoms with Crippen molar-refractivity contribution >= 4 is 57.0 Å². The third-order valence-corrected chi connectivity index (χ3v) is 9.44. The van der Waals surface area contributed by atoms with Gasteiger partial charge in [0.25, 0.3) is 0 Å². The van der Waals surface area contributed by atoms with Crippen molar-refractivity contribution in [3.63, 3.8) is 0 Å². The normalized spacial score (nSPS) is 21.8. The number of aliphatic imine (C=N–C) groups is 2. The van der Waals surface area contributed by atoms with Crippen LogP contribution in [0.25, 0.3) is 0 Å². The number of oxime groups is 2. The predicted octanol–water partition coefficient (Wildman–Crippen LogP) is -1.71. The van der Waals surface area contributed by atoms with Crippen LogP contribution in [0.3, 0.4) is 0 Å². The Morgan fingerprint density at radius 3 is 1.57 bits per heavy atom. The lowest BCUT2D eigenvalue weighted by atomic mass is 9.97. The molecule has 6 rings (SSSR count). The molecule has 4 aliphatic heterocycles. The number of rotatable bonds is 16. The van der Waals surface area contributed by atoms with Crippen LogP contribution >= 0.6 is 0 Å². The lowest BCUT2D eigenvalue weighted by molar-refractivity contribution is -0.0317. The van der Waals surface area contributed by atoms with Gasteiger partial charge < -0.3 is 25.2 Å². The van der Waals surface area contributed by atoms with Gasteiger partial charge in [0.2, 0.25) is 0 Å². The van der Waals surface area contributed by atoms with Crippen molar-refractivity contribution in [2.24, 2.45) is 26.0 Å². The van der Waals surface area contributed by atoms with Crippen LogP contribution < -0.4 is 16.7 Å². The third-order valence-electron chi connectivity index (χ3n) is 8.74. The minimum Gasteiger partial charge on any atom is -0.396 e. The van der Waals surface area contributed by atoms with Gasteiger partial charge in [0.1, 0.15) is 49.1 Å². The number of carbonyl (C=O) groups is 2. The summed E-state index contributed by atoms with van der Waals surface area (Å²) in [6.07, 6.45) is 6.60. The molecule has 0 radical (unpaired) electrons. The Balaban J connectivity index is 0.000000221. The molecule has 31 heteroatoms. The van der Waals surface area contributed by atoms with E-state index in [1.165, 1.54) is 58.1 Å². The van der Waals surface area contributed by atoms with E-state index in [0.29, 0.717) is 45.8 Å². The van der Waals surface area contributed by atoms with Crippen molar-refractivity contribution in [1.29, 1.82) is 0 Å². The number of hydrogen-bond donors (Lipinski definition) is 7. The number of hydrogen-bond acceptors (Lipinski definition) is 19. The van der Waals surface area contributed by atoms with E-state index in [0.717, 1.165) is 6.42 Å². The molecule has 58 heavy (non-hydrogen) atoms. The highest BCUT2D eigenvalue weighted by molar-refractivity contribution is 7.81. The Labute approximate surface area is 329 Å². The Morgan fingerprint density at radius 2 is 1.22 bits per heavy atom. The van der Waals surface area contributed by atoms with E-state index in [9.17, 15) is 36.8 Å². The van der Waals surface area contributed by atoms with Crippen LogP contribution in [-0.4, -0.2) is 159 Å². The predicted molar refractivity (Wildman–Crippen MR) is 193 cm³/mol. The van der Waals surface area contributed by atoms with Crippen LogP contribution in [0.15, 0.2) is 32.7 Å². The van der Waals surface area contributed by atoms with E-state index >= 15 is 0 Å². The molecule has 2 saturated heterocycles. The second-order valence-corrected chi connectivity index (χ2v) is 14.2. The monoisotopic (exact) mass is 863 g/mol. The fourth-order valence-corrected chi connectivity index (χ4v) is 7.30. The van der Waals surface area contributed by atoms with Gasteiger partial charge in [-0.3, -0.25) is 49.8 Å². The number of amides is 4. The third kappa shape index (κ3) is 9.10. The molecule has 320 valence electrons. The molecule has 4 bridgehead atoms. The standard InChI is InChI=1S/C14H21N7O7S.C13H20N8O7S/c1-3-6-27-17-4-5-20-11-9(7-16-20)10-8-19(12(11)13(15-2)18-23)14(22)21(10)28-29(24,25)26;1-15-12(18-23)11-10-8(6-16-20(10)4-3-17-27-5-2-14)9-7-19(11)13(22)21(9)28-29(24,25)26/h4,7,10,12,23H,3,5-6,8H2,1-2H3,(H,15,18)(H,24,25,26);3,6,9,11,23H,2,4-5,7,14H2,1H3,(H,15,18)(H,24,25,26)/b17-4+;17-3+/t10-,12-;9-,11-/m00/s1. The van der Waals surface area contributed by atoms with Crippen LogP contribution in [0.4, 0.5) is 9.59 Å². The molecule has 0 aliphatic carbocycles. The van der Waals surface area contributed by atoms with Gasteiger partial charge in [-0.2, -0.15) is 37.2 Å². The molecule has 2 aromatic heterocycles. The van der Waals surface area contributed by atoms with Gasteiger partial charge in [0.15, 0.2) is 0 Å². The Hall–Kier alpha value is -5.54. The maximum absolute atomic E-state index is 12.7. The maximum Gasteiger partial charge on any atom is 0.418 e. The molecule has 0 aromatic carbocycles. The fourth-order valence-electron chi connectivity index (χ4n) is 6.56. The average Bonchev–Trinajstić information content (AvgIpc) is 3.92. The van der Waals surface area contributed by atoms with Crippen LogP contribution in [0.5, 0.6) is 0 Å². The fraction of sp³-hybridized carbons (Fsp3) is 0.556. The highest BCUT2D eigenvalue weighted by Crippen LogP contribution is 2.45. The van der Waals surface area contributed by atoms with Crippen molar-refractivity contribution in [3.05, 3.63) is 34.9 Å². The van der Waals surface area contributed by atoms with Crippen molar-refractivity contribution in [2.75, 3.05) is 46.9 Å². The Morgan fingerprint density at radius 1 is 0.810 bits per heavy atom. The minimum absolute atomic E-state index is 0.0184. The topological polar surface area (TPSA) is 368 Å². The molecular weight excluding hydrogens is 823 g/mol. The van der Waals surface area contributed by atoms with Gasteiger partial charge in [0.05, 0.1) is 62.4 Å². The smallest absolute Gasteiger partial charge is 0.396 e. The number of nitrogens with two attached hydrogens (primary N) is 1. The first-order chi connectivity index (χ1) is 27.6. The first kappa shape index (κ1) is 43.6. The van der Waals surface area contributed by atoms with Crippen molar-refractivity contribution in [3.8, 4) is 0 Å². The van der Waals surface area contributed by atoms with E-state index in [-0.39, 0.29) is 44.5 Å². The summed E-state index contributed by atoms with van der Waals surface area (Å²) in [6, 6.07) is -5.17. The quantitative estimate of drug-likeness (QED) is 0.0325. The van der Waals surface area contributed by atoms with Gasteiger partial charge in [0, 0.05) is 31.8 Å². The maximum atomic E-state index is 12.7. The lowest BCUT2D eigenvalue weighted by Gasteiger charge is -2.31. The second-order valence-electron chi connectivity index (χ2n) is 12.2. The summed E-state index contributed by atoms with van der Waals surface area (Å²) in [7, 11) is -7.05. The zero-order valence-corrected chi connectivity index (χ0v) is 32.5. The van der Waals surface area contributed by atoms with Crippen LogP contribution in [0, 0.1) is 0 Å². The van der Waals surface area contributed by atoms with Crippen molar-refractivity contribution in [1.82, 2.24) is 50.4 Å². The summed E-state index contributed by atoms with van der Waals surface area (Å²) in [5.41, 5.74) is 11.1. The summed E-state index contributed by atoms with van der Waals surface area (Å²) in [5, 5.41) is 36.1. The molecule has 4 atom stereocenters. The SMILES string of the molecule is CCCO/N=C/Cn1ncc2c1[C@@H](C(=NC)NO)N1C[C@@H]2N(OS(=O)(=O)O)C1=O.CN=C(NO)[C@@H]1c2c(cnn2C/C=N/OCCN)[C@@H]2CN1C(=O)N2OS(=O)(=O)O. The Bertz CT molecular complexity index is 2010. The Kier molecular flexibility index (Phi) is 13.8. The van der Waals surface area contributed by atoms with E-state index in [1.807, 2.05) is 17.9 Å². The number of aromatic nitrogens is 4. The molecule has 4 amide bonds.